The largest absolute Gasteiger partial charge is 0.489 e. The molecule has 0 unspecified atom stereocenters. The van der Waals surface area contributed by atoms with Gasteiger partial charge in [0.05, 0.1) is 10.6 Å². The lowest BCUT2D eigenvalue weighted by atomic mass is 10.2. The molecule has 1 aromatic carbocycles. The maximum atomic E-state index is 13.5. The van der Waals surface area contributed by atoms with Crippen LogP contribution < -0.4 is 4.74 Å². The molecule has 0 spiro atoms. The fourth-order valence-corrected chi connectivity index (χ4v) is 2.44. The van der Waals surface area contributed by atoms with Gasteiger partial charge < -0.3 is 4.74 Å². The summed E-state index contributed by atoms with van der Waals surface area (Å²) in [6, 6.07) is 3.59. The number of ether oxygens (including phenoxy) is 1. The quantitative estimate of drug-likeness (QED) is 0.784. The van der Waals surface area contributed by atoms with Crippen molar-refractivity contribution in [1.82, 2.24) is 0 Å². The number of hydrogen-bond acceptors (Lipinski definition) is 1. The number of benzene rings is 1. The molecule has 1 aromatic rings. The Morgan fingerprint density at radius 2 is 2.00 bits per heavy atom. The van der Waals surface area contributed by atoms with Gasteiger partial charge in [0.1, 0.15) is 11.6 Å². The first kappa shape index (κ1) is 10.9. The Hall–Kier alpha value is -0.570. The maximum Gasteiger partial charge on any atom is 0.144 e. The van der Waals surface area contributed by atoms with Crippen LogP contribution in [0, 0.1) is 12.7 Å². The average molecular weight is 273 g/mol. The van der Waals surface area contributed by atoms with Crippen molar-refractivity contribution in [2.45, 2.75) is 38.7 Å². The van der Waals surface area contributed by atoms with E-state index in [1.807, 2.05) is 6.07 Å². The van der Waals surface area contributed by atoms with Crippen molar-refractivity contribution in [1.29, 1.82) is 0 Å². The van der Waals surface area contributed by atoms with Gasteiger partial charge in [-0.25, -0.2) is 4.39 Å². The van der Waals surface area contributed by atoms with Gasteiger partial charge in [0.2, 0.25) is 0 Å². The standard InChI is InChI=1S/C12H14BrFO/c1-8-6-7-10(11(13)12(8)14)15-9-4-2-3-5-9/h6-7,9H,2-5H2,1H3. The predicted molar refractivity (Wildman–Crippen MR) is 61.7 cm³/mol. The van der Waals surface area contributed by atoms with Gasteiger partial charge in [-0.05, 0) is 60.2 Å². The lowest BCUT2D eigenvalue weighted by Gasteiger charge is -2.15. The molecule has 0 heterocycles. The number of rotatable bonds is 2. The minimum absolute atomic E-state index is 0.217. The SMILES string of the molecule is Cc1ccc(OC2CCCC2)c(Br)c1F. The molecule has 2 rings (SSSR count). The van der Waals surface area contributed by atoms with E-state index in [9.17, 15) is 4.39 Å². The molecule has 0 radical (unpaired) electrons. The normalized spacial score (nSPS) is 17.0. The van der Waals surface area contributed by atoms with E-state index in [2.05, 4.69) is 15.9 Å². The summed E-state index contributed by atoms with van der Waals surface area (Å²) in [7, 11) is 0. The fourth-order valence-electron chi connectivity index (χ4n) is 1.91. The third-order valence-electron chi connectivity index (χ3n) is 2.84. The zero-order valence-electron chi connectivity index (χ0n) is 8.72. The highest BCUT2D eigenvalue weighted by atomic mass is 79.9. The van der Waals surface area contributed by atoms with Crippen LogP contribution in [0.4, 0.5) is 4.39 Å². The summed E-state index contributed by atoms with van der Waals surface area (Å²) in [5.41, 5.74) is 0.639. The van der Waals surface area contributed by atoms with Gasteiger partial charge in [0.15, 0.2) is 0 Å². The summed E-state index contributed by atoms with van der Waals surface area (Å²) in [5, 5.41) is 0. The second-order valence-corrected chi connectivity index (χ2v) is 4.83. The molecule has 1 aliphatic rings. The van der Waals surface area contributed by atoms with Crippen LogP contribution >= 0.6 is 15.9 Å². The topological polar surface area (TPSA) is 9.23 Å². The second-order valence-electron chi connectivity index (χ2n) is 4.03. The predicted octanol–water partition coefficient (Wildman–Crippen LogP) is 4.22. The van der Waals surface area contributed by atoms with E-state index in [4.69, 9.17) is 4.74 Å². The van der Waals surface area contributed by atoms with Crippen LogP contribution in [0.15, 0.2) is 16.6 Å². The fraction of sp³-hybridized carbons (Fsp3) is 0.500. The zero-order chi connectivity index (χ0) is 10.8. The van der Waals surface area contributed by atoms with Crippen molar-refractivity contribution in [2.24, 2.45) is 0 Å². The van der Waals surface area contributed by atoms with Crippen LogP contribution in [0.1, 0.15) is 31.2 Å². The Morgan fingerprint density at radius 3 is 2.67 bits per heavy atom. The minimum Gasteiger partial charge on any atom is -0.489 e. The highest BCUT2D eigenvalue weighted by molar-refractivity contribution is 9.10. The van der Waals surface area contributed by atoms with Crippen molar-refractivity contribution in [3.8, 4) is 5.75 Å². The molecule has 3 heteroatoms. The van der Waals surface area contributed by atoms with Crippen LogP contribution in [0.3, 0.4) is 0 Å². The highest BCUT2D eigenvalue weighted by Gasteiger charge is 2.18. The Morgan fingerprint density at radius 1 is 1.33 bits per heavy atom. The molecule has 0 saturated heterocycles. The van der Waals surface area contributed by atoms with Crippen molar-refractivity contribution < 1.29 is 9.13 Å². The number of hydrogen-bond donors (Lipinski definition) is 0. The summed E-state index contributed by atoms with van der Waals surface area (Å²) in [5.74, 6) is 0.412. The monoisotopic (exact) mass is 272 g/mol. The molecule has 82 valence electrons. The molecule has 0 N–H and O–H groups in total. The van der Waals surface area contributed by atoms with Crippen LogP contribution in [0.2, 0.25) is 0 Å². The third-order valence-corrected chi connectivity index (χ3v) is 3.57. The molecule has 1 fully saturated rings. The van der Waals surface area contributed by atoms with E-state index in [-0.39, 0.29) is 11.9 Å². The molecular weight excluding hydrogens is 259 g/mol. The molecule has 0 aliphatic heterocycles. The van der Waals surface area contributed by atoms with Crippen LogP contribution in [0.25, 0.3) is 0 Å². The van der Waals surface area contributed by atoms with E-state index in [1.165, 1.54) is 12.8 Å². The van der Waals surface area contributed by atoms with Crippen LogP contribution in [-0.2, 0) is 0 Å². The summed E-state index contributed by atoms with van der Waals surface area (Å²) in [4.78, 5) is 0. The summed E-state index contributed by atoms with van der Waals surface area (Å²) >= 11 is 3.24. The van der Waals surface area contributed by atoms with Gasteiger partial charge in [0, 0.05) is 0 Å². The molecule has 1 aliphatic carbocycles. The van der Waals surface area contributed by atoms with Crippen molar-refractivity contribution >= 4 is 15.9 Å². The zero-order valence-corrected chi connectivity index (χ0v) is 10.3. The number of aryl methyl sites for hydroxylation is 1. The van der Waals surface area contributed by atoms with Gasteiger partial charge in [-0.3, -0.25) is 0 Å². The van der Waals surface area contributed by atoms with E-state index in [1.54, 1.807) is 13.0 Å². The molecule has 0 aromatic heterocycles. The first-order valence-electron chi connectivity index (χ1n) is 5.29. The molecule has 1 nitrogen and oxygen atoms in total. The number of halogens is 2. The first-order chi connectivity index (χ1) is 7.18. The Bertz CT molecular complexity index is 359. The lowest BCUT2D eigenvalue weighted by Crippen LogP contribution is -2.11. The van der Waals surface area contributed by atoms with E-state index < -0.39 is 0 Å². The first-order valence-corrected chi connectivity index (χ1v) is 6.09. The van der Waals surface area contributed by atoms with Gasteiger partial charge in [-0.2, -0.15) is 0 Å². The maximum absolute atomic E-state index is 13.5. The second kappa shape index (κ2) is 4.52. The van der Waals surface area contributed by atoms with Crippen LogP contribution in [-0.4, -0.2) is 6.10 Å². The molecule has 15 heavy (non-hydrogen) atoms. The van der Waals surface area contributed by atoms with Gasteiger partial charge in [0.25, 0.3) is 0 Å². The summed E-state index contributed by atoms with van der Waals surface area (Å²) in [6.45, 7) is 1.75. The lowest BCUT2D eigenvalue weighted by molar-refractivity contribution is 0.207. The van der Waals surface area contributed by atoms with Crippen LogP contribution in [0.5, 0.6) is 5.75 Å². The molecule has 0 bridgehead atoms. The van der Waals surface area contributed by atoms with E-state index >= 15 is 0 Å². The van der Waals surface area contributed by atoms with E-state index in [0.29, 0.717) is 15.8 Å². The van der Waals surface area contributed by atoms with Crippen molar-refractivity contribution in [3.63, 3.8) is 0 Å². The summed E-state index contributed by atoms with van der Waals surface area (Å²) < 4.78 is 19.7. The minimum atomic E-state index is -0.217. The Kier molecular flexibility index (Phi) is 3.29. The van der Waals surface area contributed by atoms with Crippen molar-refractivity contribution in [2.75, 3.05) is 0 Å². The average Bonchev–Trinajstić information content (AvgIpc) is 2.72. The van der Waals surface area contributed by atoms with Gasteiger partial charge in [-0.15, -0.1) is 0 Å². The van der Waals surface area contributed by atoms with E-state index in [0.717, 1.165) is 12.8 Å². The van der Waals surface area contributed by atoms with Gasteiger partial charge in [-0.1, -0.05) is 6.07 Å². The van der Waals surface area contributed by atoms with Gasteiger partial charge >= 0.3 is 0 Å². The van der Waals surface area contributed by atoms with Crippen molar-refractivity contribution in [3.05, 3.63) is 28.0 Å². The molecule has 1 saturated carbocycles. The molecular formula is C12H14BrFO. The Labute approximate surface area is 97.8 Å². The molecule has 0 atom stereocenters. The third kappa shape index (κ3) is 2.33. The Balaban J connectivity index is 2.17. The smallest absolute Gasteiger partial charge is 0.144 e. The molecule has 0 amide bonds. The summed E-state index contributed by atoms with van der Waals surface area (Å²) in [6.07, 6.45) is 4.88. The highest BCUT2D eigenvalue weighted by Crippen LogP contribution is 2.32.